The number of imidazole rings is 1. The second-order valence-electron chi connectivity index (χ2n) is 5.19. The first kappa shape index (κ1) is 12.3. The molecule has 0 bridgehead atoms. The van der Waals surface area contributed by atoms with Crippen LogP contribution >= 0.6 is 0 Å². The summed E-state index contributed by atoms with van der Waals surface area (Å²) >= 11 is 0. The number of likely N-dealkylation sites (tertiary alicyclic amines) is 1. The van der Waals surface area contributed by atoms with Crippen LogP contribution in [0.5, 0.6) is 0 Å². The Labute approximate surface area is 112 Å². The van der Waals surface area contributed by atoms with Crippen molar-refractivity contribution >= 4 is 0 Å². The average Bonchev–Trinajstić information content (AvgIpc) is 2.99. The van der Waals surface area contributed by atoms with Gasteiger partial charge in [-0.2, -0.15) is 0 Å². The highest BCUT2D eigenvalue weighted by molar-refractivity contribution is 5.02. The number of aryl methyl sites for hydroxylation is 2. The molecule has 0 N–H and O–H groups in total. The van der Waals surface area contributed by atoms with Crippen LogP contribution in [0.4, 0.5) is 0 Å². The zero-order valence-corrected chi connectivity index (χ0v) is 11.4. The van der Waals surface area contributed by atoms with Gasteiger partial charge in [-0.3, -0.25) is 4.90 Å². The molecule has 1 atom stereocenters. The fourth-order valence-corrected chi connectivity index (χ4v) is 2.77. The van der Waals surface area contributed by atoms with E-state index < -0.39 is 0 Å². The van der Waals surface area contributed by atoms with E-state index in [2.05, 4.69) is 31.7 Å². The monoisotopic (exact) mass is 261 g/mol. The van der Waals surface area contributed by atoms with Crippen molar-refractivity contribution in [2.24, 2.45) is 7.05 Å². The van der Waals surface area contributed by atoms with Crippen LogP contribution in [0.1, 0.15) is 36.4 Å². The number of nitrogens with zero attached hydrogens (tertiary/aromatic N) is 5. The van der Waals surface area contributed by atoms with Crippen LogP contribution < -0.4 is 0 Å². The molecular weight excluding hydrogens is 242 g/mol. The molecule has 1 unspecified atom stereocenters. The van der Waals surface area contributed by atoms with E-state index >= 15 is 0 Å². The molecule has 1 fully saturated rings. The fraction of sp³-hybridized carbons (Fsp3) is 0.615. The Morgan fingerprint density at radius 1 is 1.42 bits per heavy atom. The fourth-order valence-electron chi connectivity index (χ4n) is 2.77. The van der Waals surface area contributed by atoms with Crippen molar-refractivity contribution in [1.29, 1.82) is 0 Å². The Balaban J connectivity index is 1.66. The molecule has 2 aromatic heterocycles. The normalized spacial score (nSPS) is 20.8. The molecule has 3 heterocycles. The highest BCUT2D eigenvalue weighted by Crippen LogP contribution is 2.26. The quantitative estimate of drug-likeness (QED) is 0.837. The van der Waals surface area contributed by atoms with E-state index in [-0.39, 0.29) is 0 Å². The largest absolute Gasteiger partial charge is 0.424 e. The van der Waals surface area contributed by atoms with Gasteiger partial charge in [-0.05, 0) is 19.4 Å². The summed E-state index contributed by atoms with van der Waals surface area (Å²) in [5.74, 6) is 3.01. The summed E-state index contributed by atoms with van der Waals surface area (Å²) < 4.78 is 7.57. The number of hydrogen-bond acceptors (Lipinski definition) is 5. The standard InChI is InChI=1S/C13H19N5O/c1-10-15-16-12(19-10)9-18-6-3-4-11(8-18)13-14-5-7-17(13)2/h5,7,11H,3-4,6,8-9H2,1-2H3. The molecule has 0 aromatic carbocycles. The van der Waals surface area contributed by atoms with Crippen molar-refractivity contribution in [2.75, 3.05) is 13.1 Å². The van der Waals surface area contributed by atoms with Crippen LogP contribution in [0, 0.1) is 6.92 Å². The third-order valence-electron chi connectivity index (χ3n) is 3.66. The molecular formula is C13H19N5O. The van der Waals surface area contributed by atoms with Crippen LogP contribution in [0.25, 0.3) is 0 Å². The van der Waals surface area contributed by atoms with Gasteiger partial charge in [0.15, 0.2) is 0 Å². The molecule has 1 aliphatic rings. The van der Waals surface area contributed by atoms with Gasteiger partial charge in [0, 0.05) is 38.8 Å². The van der Waals surface area contributed by atoms with Gasteiger partial charge < -0.3 is 8.98 Å². The topological polar surface area (TPSA) is 60.0 Å². The van der Waals surface area contributed by atoms with Gasteiger partial charge in [0.05, 0.1) is 6.54 Å². The van der Waals surface area contributed by atoms with Crippen LogP contribution in [0.3, 0.4) is 0 Å². The number of hydrogen-bond donors (Lipinski definition) is 0. The van der Waals surface area contributed by atoms with Crippen LogP contribution in [0.15, 0.2) is 16.8 Å². The molecule has 0 amide bonds. The predicted molar refractivity (Wildman–Crippen MR) is 69.5 cm³/mol. The van der Waals surface area contributed by atoms with E-state index in [0.29, 0.717) is 17.7 Å². The SMILES string of the molecule is Cc1nnc(CN2CCCC(c3nccn3C)C2)o1. The van der Waals surface area contributed by atoms with Crippen LogP contribution in [-0.2, 0) is 13.6 Å². The lowest BCUT2D eigenvalue weighted by Crippen LogP contribution is -2.34. The van der Waals surface area contributed by atoms with Crippen molar-refractivity contribution in [3.63, 3.8) is 0 Å². The van der Waals surface area contributed by atoms with Gasteiger partial charge in [-0.15, -0.1) is 10.2 Å². The third kappa shape index (κ3) is 2.68. The van der Waals surface area contributed by atoms with Gasteiger partial charge in [0.1, 0.15) is 5.82 Å². The summed E-state index contributed by atoms with van der Waals surface area (Å²) in [5, 5.41) is 7.94. The molecule has 2 aromatic rings. The van der Waals surface area contributed by atoms with E-state index in [0.717, 1.165) is 19.6 Å². The highest BCUT2D eigenvalue weighted by atomic mass is 16.4. The summed E-state index contributed by atoms with van der Waals surface area (Å²) in [7, 11) is 2.06. The lowest BCUT2D eigenvalue weighted by Gasteiger charge is -2.31. The second-order valence-corrected chi connectivity index (χ2v) is 5.19. The summed E-state index contributed by atoms with van der Waals surface area (Å²) in [5.41, 5.74) is 0. The summed E-state index contributed by atoms with van der Waals surface area (Å²) in [6.45, 7) is 4.65. The Morgan fingerprint density at radius 2 is 2.32 bits per heavy atom. The Morgan fingerprint density at radius 3 is 3.00 bits per heavy atom. The maximum absolute atomic E-state index is 5.45. The molecule has 6 nitrogen and oxygen atoms in total. The molecule has 0 aliphatic carbocycles. The van der Waals surface area contributed by atoms with Gasteiger partial charge in [0.25, 0.3) is 0 Å². The summed E-state index contributed by atoms with van der Waals surface area (Å²) in [6, 6.07) is 0. The van der Waals surface area contributed by atoms with Crippen LogP contribution in [0.2, 0.25) is 0 Å². The Hall–Kier alpha value is -1.69. The number of aromatic nitrogens is 4. The molecule has 102 valence electrons. The van der Waals surface area contributed by atoms with Gasteiger partial charge in [-0.25, -0.2) is 4.98 Å². The van der Waals surface area contributed by atoms with E-state index in [1.54, 1.807) is 0 Å². The maximum Gasteiger partial charge on any atom is 0.230 e. The van der Waals surface area contributed by atoms with Crippen molar-refractivity contribution in [1.82, 2.24) is 24.6 Å². The minimum Gasteiger partial charge on any atom is -0.424 e. The maximum atomic E-state index is 5.45. The zero-order valence-electron chi connectivity index (χ0n) is 11.4. The molecule has 6 heteroatoms. The van der Waals surface area contributed by atoms with Gasteiger partial charge in [0.2, 0.25) is 11.8 Å². The van der Waals surface area contributed by atoms with E-state index in [9.17, 15) is 0 Å². The Bertz CT molecular complexity index is 547. The van der Waals surface area contributed by atoms with Crippen molar-refractivity contribution in [3.8, 4) is 0 Å². The van der Waals surface area contributed by atoms with Gasteiger partial charge >= 0.3 is 0 Å². The molecule has 19 heavy (non-hydrogen) atoms. The van der Waals surface area contributed by atoms with E-state index in [1.807, 2.05) is 19.3 Å². The number of piperidine rings is 1. The first-order valence-electron chi connectivity index (χ1n) is 6.71. The smallest absolute Gasteiger partial charge is 0.230 e. The minimum absolute atomic E-state index is 0.498. The lowest BCUT2D eigenvalue weighted by atomic mass is 9.97. The Kier molecular flexibility index (Phi) is 3.33. The minimum atomic E-state index is 0.498. The van der Waals surface area contributed by atoms with E-state index in [1.165, 1.54) is 18.7 Å². The number of rotatable bonds is 3. The first-order chi connectivity index (χ1) is 9.22. The van der Waals surface area contributed by atoms with Crippen molar-refractivity contribution < 1.29 is 4.42 Å². The van der Waals surface area contributed by atoms with Crippen molar-refractivity contribution in [3.05, 3.63) is 30.0 Å². The molecule has 0 spiro atoms. The molecule has 3 rings (SSSR count). The lowest BCUT2D eigenvalue weighted by molar-refractivity contribution is 0.178. The molecule has 1 saturated heterocycles. The predicted octanol–water partition coefficient (Wildman–Crippen LogP) is 1.49. The van der Waals surface area contributed by atoms with Crippen LogP contribution in [-0.4, -0.2) is 37.7 Å². The second kappa shape index (κ2) is 5.13. The average molecular weight is 261 g/mol. The van der Waals surface area contributed by atoms with Gasteiger partial charge in [-0.1, -0.05) is 0 Å². The van der Waals surface area contributed by atoms with Crippen molar-refractivity contribution in [2.45, 2.75) is 32.2 Å². The first-order valence-corrected chi connectivity index (χ1v) is 6.71. The zero-order chi connectivity index (χ0) is 13.2. The third-order valence-corrected chi connectivity index (χ3v) is 3.66. The highest BCUT2D eigenvalue weighted by Gasteiger charge is 2.25. The molecule has 1 aliphatic heterocycles. The summed E-state index contributed by atoms with van der Waals surface area (Å²) in [4.78, 5) is 6.84. The molecule has 0 saturated carbocycles. The summed E-state index contributed by atoms with van der Waals surface area (Å²) in [6.07, 6.45) is 6.26. The molecule has 0 radical (unpaired) electrons. The van der Waals surface area contributed by atoms with E-state index in [4.69, 9.17) is 4.42 Å².